The van der Waals surface area contributed by atoms with Crippen LogP contribution in [0, 0.1) is 10.1 Å². The molecule has 1 amide bonds. The summed E-state index contributed by atoms with van der Waals surface area (Å²) in [5, 5.41) is 14.5. The van der Waals surface area contributed by atoms with Crippen LogP contribution in [0.1, 0.15) is 39.2 Å². The molecule has 0 bridgehead atoms. The Balaban J connectivity index is 1.85. The average Bonchev–Trinajstić information content (AvgIpc) is 2.52. The highest BCUT2D eigenvalue weighted by atomic mass is 79.9. The number of hydrogen-bond donors (Lipinski definition) is 1. The standard InChI is InChI=1S/C17H24BrN3O4/c1-17(2,3)25-16(22)20-8-6-14(7-9-20)19-11-12-4-5-13(18)10-15(12)21(23)24/h4-5,10,14,19H,6-9,11H2,1-3H3. The number of hydrogen-bond acceptors (Lipinski definition) is 5. The molecule has 7 nitrogen and oxygen atoms in total. The van der Waals surface area contributed by atoms with Crippen molar-refractivity contribution >= 4 is 27.7 Å². The zero-order valence-corrected chi connectivity index (χ0v) is 16.3. The van der Waals surface area contributed by atoms with E-state index in [1.165, 1.54) is 6.07 Å². The van der Waals surface area contributed by atoms with Crippen LogP contribution in [0.25, 0.3) is 0 Å². The maximum absolute atomic E-state index is 12.1. The minimum atomic E-state index is -0.493. The molecule has 1 aliphatic rings. The number of carbonyl (C=O) groups excluding carboxylic acids is 1. The molecule has 1 N–H and O–H groups in total. The Morgan fingerprint density at radius 3 is 2.60 bits per heavy atom. The Hall–Kier alpha value is -1.67. The van der Waals surface area contributed by atoms with Crippen molar-refractivity contribution in [2.24, 2.45) is 0 Å². The molecule has 1 heterocycles. The van der Waals surface area contributed by atoms with Gasteiger partial charge in [0, 0.05) is 41.8 Å². The van der Waals surface area contributed by atoms with Gasteiger partial charge in [0.25, 0.3) is 5.69 Å². The zero-order chi connectivity index (χ0) is 18.6. The largest absolute Gasteiger partial charge is 0.444 e. The highest BCUT2D eigenvalue weighted by molar-refractivity contribution is 9.10. The third-order valence-electron chi connectivity index (χ3n) is 3.97. The van der Waals surface area contributed by atoms with Gasteiger partial charge in [-0.15, -0.1) is 0 Å². The molecule has 138 valence electrons. The molecular weight excluding hydrogens is 390 g/mol. The van der Waals surface area contributed by atoms with Gasteiger partial charge in [0.1, 0.15) is 5.60 Å². The van der Waals surface area contributed by atoms with Gasteiger partial charge < -0.3 is 15.0 Å². The number of nitrogens with one attached hydrogen (secondary N) is 1. The smallest absolute Gasteiger partial charge is 0.410 e. The quantitative estimate of drug-likeness (QED) is 0.598. The molecule has 0 radical (unpaired) electrons. The number of amides is 1. The van der Waals surface area contributed by atoms with Crippen LogP contribution in [0.15, 0.2) is 22.7 Å². The van der Waals surface area contributed by atoms with Gasteiger partial charge in [-0.2, -0.15) is 0 Å². The van der Waals surface area contributed by atoms with Crippen molar-refractivity contribution in [3.8, 4) is 0 Å². The van der Waals surface area contributed by atoms with Crippen LogP contribution in [0.5, 0.6) is 0 Å². The summed E-state index contributed by atoms with van der Waals surface area (Å²) in [6.07, 6.45) is 1.31. The summed E-state index contributed by atoms with van der Waals surface area (Å²) in [6.45, 7) is 7.23. The molecule has 1 aliphatic heterocycles. The molecule has 1 aromatic carbocycles. The van der Waals surface area contributed by atoms with Crippen molar-refractivity contribution in [3.63, 3.8) is 0 Å². The maximum atomic E-state index is 12.1. The van der Waals surface area contributed by atoms with Gasteiger partial charge in [0.15, 0.2) is 0 Å². The Morgan fingerprint density at radius 1 is 1.40 bits per heavy atom. The summed E-state index contributed by atoms with van der Waals surface area (Å²) >= 11 is 3.26. The topological polar surface area (TPSA) is 84.7 Å². The molecule has 0 spiro atoms. The van der Waals surface area contributed by atoms with Gasteiger partial charge in [0.2, 0.25) is 0 Å². The number of likely N-dealkylation sites (tertiary alicyclic amines) is 1. The Morgan fingerprint density at radius 2 is 2.04 bits per heavy atom. The second-order valence-electron chi connectivity index (χ2n) is 7.15. The molecule has 0 aromatic heterocycles. The fourth-order valence-electron chi connectivity index (χ4n) is 2.70. The van der Waals surface area contributed by atoms with E-state index >= 15 is 0 Å². The van der Waals surface area contributed by atoms with Crippen molar-refractivity contribution in [2.45, 2.75) is 51.8 Å². The van der Waals surface area contributed by atoms with E-state index < -0.39 is 5.60 Å². The van der Waals surface area contributed by atoms with Crippen LogP contribution in [-0.4, -0.2) is 40.6 Å². The first-order valence-electron chi connectivity index (χ1n) is 8.30. The maximum Gasteiger partial charge on any atom is 0.410 e. The minimum Gasteiger partial charge on any atom is -0.444 e. The fraction of sp³-hybridized carbons (Fsp3) is 0.588. The van der Waals surface area contributed by atoms with E-state index in [2.05, 4.69) is 21.2 Å². The number of benzene rings is 1. The third-order valence-corrected chi connectivity index (χ3v) is 4.47. The van der Waals surface area contributed by atoms with Crippen molar-refractivity contribution in [3.05, 3.63) is 38.3 Å². The average molecular weight is 414 g/mol. The van der Waals surface area contributed by atoms with Gasteiger partial charge in [-0.25, -0.2) is 4.79 Å². The van der Waals surface area contributed by atoms with Crippen LogP contribution >= 0.6 is 15.9 Å². The number of nitro groups is 1. The van der Waals surface area contributed by atoms with Crippen LogP contribution in [-0.2, 0) is 11.3 Å². The molecule has 0 unspecified atom stereocenters. The predicted molar refractivity (Wildman–Crippen MR) is 98.5 cm³/mol. The van der Waals surface area contributed by atoms with Crippen molar-refractivity contribution in [2.75, 3.05) is 13.1 Å². The van der Waals surface area contributed by atoms with E-state index in [0.717, 1.165) is 12.8 Å². The molecule has 0 saturated carbocycles. The van der Waals surface area contributed by atoms with Crippen molar-refractivity contribution in [1.82, 2.24) is 10.2 Å². The SMILES string of the molecule is CC(C)(C)OC(=O)N1CCC(NCc2ccc(Br)cc2[N+](=O)[O-])CC1. The molecule has 1 fully saturated rings. The van der Waals surface area contributed by atoms with Crippen molar-refractivity contribution < 1.29 is 14.5 Å². The summed E-state index contributed by atoms with van der Waals surface area (Å²) in [6, 6.07) is 5.30. The lowest BCUT2D eigenvalue weighted by Gasteiger charge is -2.33. The number of nitro benzene ring substituents is 1. The second kappa shape index (κ2) is 8.14. The monoisotopic (exact) mass is 413 g/mol. The Labute approximate surface area is 156 Å². The molecule has 1 saturated heterocycles. The number of halogens is 1. The van der Waals surface area contributed by atoms with E-state index in [0.29, 0.717) is 29.7 Å². The molecule has 8 heteroatoms. The van der Waals surface area contributed by atoms with Crippen LogP contribution in [0.2, 0.25) is 0 Å². The first-order valence-corrected chi connectivity index (χ1v) is 9.09. The number of ether oxygens (including phenoxy) is 1. The second-order valence-corrected chi connectivity index (χ2v) is 8.07. The van der Waals surface area contributed by atoms with Gasteiger partial charge in [-0.3, -0.25) is 10.1 Å². The molecular formula is C17H24BrN3O4. The summed E-state index contributed by atoms with van der Waals surface area (Å²) in [7, 11) is 0. The predicted octanol–water partition coefficient (Wildman–Crippen LogP) is 3.85. The molecule has 0 aliphatic carbocycles. The molecule has 25 heavy (non-hydrogen) atoms. The Bertz CT molecular complexity index is 637. The first kappa shape index (κ1) is 19.7. The number of rotatable bonds is 4. The normalized spacial score (nSPS) is 15.9. The molecule has 0 atom stereocenters. The van der Waals surface area contributed by atoms with Crippen LogP contribution in [0.3, 0.4) is 0 Å². The lowest BCUT2D eigenvalue weighted by atomic mass is 10.0. The number of piperidine rings is 1. The minimum absolute atomic E-state index is 0.105. The molecule has 1 aromatic rings. The van der Waals surface area contributed by atoms with E-state index in [9.17, 15) is 14.9 Å². The van der Waals surface area contributed by atoms with E-state index in [-0.39, 0.29) is 22.7 Å². The summed E-state index contributed by atoms with van der Waals surface area (Å²) in [5.41, 5.74) is 0.267. The summed E-state index contributed by atoms with van der Waals surface area (Å²) < 4.78 is 6.07. The van der Waals surface area contributed by atoms with E-state index in [1.807, 2.05) is 20.8 Å². The van der Waals surface area contributed by atoms with Crippen LogP contribution < -0.4 is 5.32 Å². The highest BCUT2D eigenvalue weighted by Gasteiger charge is 2.27. The summed E-state index contributed by atoms with van der Waals surface area (Å²) in [4.78, 5) is 24.6. The lowest BCUT2D eigenvalue weighted by molar-refractivity contribution is -0.385. The molecule has 2 rings (SSSR count). The third kappa shape index (κ3) is 5.97. The lowest BCUT2D eigenvalue weighted by Crippen LogP contribution is -2.46. The van der Waals surface area contributed by atoms with Gasteiger partial charge in [-0.1, -0.05) is 15.9 Å². The van der Waals surface area contributed by atoms with Gasteiger partial charge >= 0.3 is 6.09 Å². The van der Waals surface area contributed by atoms with E-state index in [1.54, 1.807) is 17.0 Å². The van der Waals surface area contributed by atoms with Gasteiger partial charge in [0.05, 0.1) is 4.92 Å². The highest BCUT2D eigenvalue weighted by Crippen LogP contribution is 2.24. The number of nitrogens with zero attached hydrogens (tertiary/aromatic N) is 2. The van der Waals surface area contributed by atoms with Crippen LogP contribution in [0.4, 0.5) is 10.5 Å². The zero-order valence-electron chi connectivity index (χ0n) is 14.8. The fourth-order valence-corrected chi connectivity index (χ4v) is 3.05. The van der Waals surface area contributed by atoms with Gasteiger partial charge in [-0.05, 0) is 45.7 Å². The van der Waals surface area contributed by atoms with Crippen molar-refractivity contribution in [1.29, 1.82) is 0 Å². The first-order chi connectivity index (χ1) is 11.7. The number of carbonyl (C=O) groups is 1. The van der Waals surface area contributed by atoms with E-state index in [4.69, 9.17) is 4.74 Å². The summed E-state index contributed by atoms with van der Waals surface area (Å²) in [5.74, 6) is 0. The Kier molecular flexibility index (Phi) is 6.40.